The van der Waals surface area contributed by atoms with Gasteiger partial charge in [-0.3, -0.25) is 0 Å². The first kappa shape index (κ1) is 14.2. The Kier molecular flexibility index (Phi) is 4.22. The molecule has 1 heterocycles. The SMILES string of the molecule is Nc1cc(F)ccc1SCC1CCC2(CCCCC2)O1. The molecule has 1 spiro atoms. The van der Waals surface area contributed by atoms with E-state index in [0.717, 1.165) is 17.1 Å². The molecule has 20 heavy (non-hydrogen) atoms. The Morgan fingerprint density at radius 2 is 2.05 bits per heavy atom. The molecule has 0 aromatic heterocycles. The maximum Gasteiger partial charge on any atom is 0.125 e. The Bertz CT molecular complexity index is 474. The third-order valence-corrected chi connectivity index (χ3v) is 5.72. The zero-order valence-electron chi connectivity index (χ0n) is 11.7. The van der Waals surface area contributed by atoms with E-state index in [-0.39, 0.29) is 11.4 Å². The molecule has 0 radical (unpaired) electrons. The normalized spacial score (nSPS) is 25.1. The van der Waals surface area contributed by atoms with Crippen molar-refractivity contribution in [1.29, 1.82) is 0 Å². The molecule has 4 heteroatoms. The highest BCUT2D eigenvalue weighted by atomic mass is 32.2. The summed E-state index contributed by atoms with van der Waals surface area (Å²) >= 11 is 1.68. The van der Waals surface area contributed by atoms with Gasteiger partial charge in [0.15, 0.2) is 0 Å². The van der Waals surface area contributed by atoms with Gasteiger partial charge in [-0.2, -0.15) is 0 Å². The van der Waals surface area contributed by atoms with Gasteiger partial charge >= 0.3 is 0 Å². The van der Waals surface area contributed by atoms with Crippen molar-refractivity contribution in [2.24, 2.45) is 0 Å². The molecule has 1 saturated heterocycles. The lowest BCUT2D eigenvalue weighted by atomic mass is 9.83. The minimum absolute atomic E-state index is 0.178. The Morgan fingerprint density at radius 1 is 1.25 bits per heavy atom. The number of anilines is 1. The first-order valence-corrected chi connectivity index (χ1v) is 8.51. The van der Waals surface area contributed by atoms with Gasteiger partial charge in [0.1, 0.15) is 5.82 Å². The van der Waals surface area contributed by atoms with Crippen molar-refractivity contribution < 1.29 is 9.13 Å². The smallest absolute Gasteiger partial charge is 0.125 e. The summed E-state index contributed by atoms with van der Waals surface area (Å²) in [5.74, 6) is 0.641. The van der Waals surface area contributed by atoms with Gasteiger partial charge in [-0.1, -0.05) is 19.3 Å². The van der Waals surface area contributed by atoms with Crippen LogP contribution in [0.15, 0.2) is 23.1 Å². The standard InChI is InChI=1S/C16H22FNOS/c17-12-4-5-15(14(18)10-12)20-11-13-6-9-16(19-13)7-2-1-3-8-16/h4-5,10,13H,1-3,6-9,11,18H2. The molecule has 1 unspecified atom stereocenters. The summed E-state index contributed by atoms with van der Waals surface area (Å²) < 4.78 is 19.4. The van der Waals surface area contributed by atoms with Gasteiger partial charge in [-0.15, -0.1) is 11.8 Å². The summed E-state index contributed by atoms with van der Waals surface area (Å²) in [6, 6.07) is 4.62. The molecular formula is C16H22FNOS. The fourth-order valence-electron chi connectivity index (χ4n) is 3.41. The van der Waals surface area contributed by atoms with Gasteiger partial charge in [-0.05, 0) is 43.9 Å². The summed E-state index contributed by atoms with van der Waals surface area (Å²) in [6.45, 7) is 0. The van der Waals surface area contributed by atoms with Gasteiger partial charge < -0.3 is 10.5 Å². The Labute approximate surface area is 124 Å². The fraction of sp³-hybridized carbons (Fsp3) is 0.625. The van der Waals surface area contributed by atoms with E-state index >= 15 is 0 Å². The van der Waals surface area contributed by atoms with E-state index < -0.39 is 0 Å². The quantitative estimate of drug-likeness (QED) is 0.664. The molecule has 1 aliphatic carbocycles. The van der Waals surface area contributed by atoms with Crippen LogP contribution < -0.4 is 5.73 Å². The lowest BCUT2D eigenvalue weighted by molar-refractivity contribution is -0.0555. The van der Waals surface area contributed by atoms with Gasteiger partial charge in [0.2, 0.25) is 0 Å². The van der Waals surface area contributed by atoms with Crippen LogP contribution in [0.5, 0.6) is 0 Å². The highest BCUT2D eigenvalue weighted by Crippen LogP contribution is 2.43. The molecule has 2 fully saturated rings. The average Bonchev–Trinajstić information content (AvgIpc) is 2.82. The number of benzene rings is 1. The van der Waals surface area contributed by atoms with E-state index in [1.165, 1.54) is 50.7 Å². The summed E-state index contributed by atoms with van der Waals surface area (Å²) in [5.41, 5.74) is 6.55. The number of hydrogen-bond acceptors (Lipinski definition) is 3. The maximum absolute atomic E-state index is 13.0. The average molecular weight is 295 g/mol. The van der Waals surface area contributed by atoms with Crippen molar-refractivity contribution in [3.63, 3.8) is 0 Å². The van der Waals surface area contributed by atoms with Gasteiger partial charge in [-0.25, -0.2) is 4.39 Å². The molecule has 1 saturated carbocycles. The summed E-state index contributed by atoms with van der Waals surface area (Å²) in [7, 11) is 0. The zero-order valence-corrected chi connectivity index (χ0v) is 12.6. The molecule has 2 nitrogen and oxygen atoms in total. The third kappa shape index (κ3) is 3.12. The monoisotopic (exact) mass is 295 g/mol. The molecule has 1 aliphatic heterocycles. The molecule has 2 N–H and O–H groups in total. The van der Waals surface area contributed by atoms with Crippen LogP contribution >= 0.6 is 11.8 Å². The molecule has 3 rings (SSSR count). The van der Waals surface area contributed by atoms with Crippen LogP contribution in [0.25, 0.3) is 0 Å². The molecule has 1 aromatic carbocycles. The van der Waals surface area contributed by atoms with Crippen LogP contribution in [0.4, 0.5) is 10.1 Å². The minimum Gasteiger partial charge on any atom is -0.398 e. The van der Waals surface area contributed by atoms with Gasteiger partial charge in [0.05, 0.1) is 11.7 Å². The Balaban J connectivity index is 1.54. The van der Waals surface area contributed by atoms with Crippen molar-refractivity contribution in [1.82, 2.24) is 0 Å². The molecule has 110 valence electrons. The van der Waals surface area contributed by atoms with Crippen LogP contribution in [-0.4, -0.2) is 17.5 Å². The van der Waals surface area contributed by atoms with Crippen molar-refractivity contribution >= 4 is 17.4 Å². The van der Waals surface area contributed by atoms with Crippen molar-refractivity contribution in [3.8, 4) is 0 Å². The van der Waals surface area contributed by atoms with Gasteiger partial charge in [0, 0.05) is 16.3 Å². The lowest BCUT2D eigenvalue weighted by Crippen LogP contribution is -2.32. The largest absolute Gasteiger partial charge is 0.398 e. The maximum atomic E-state index is 13.0. The van der Waals surface area contributed by atoms with E-state index in [2.05, 4.69) is 0 Å². The summed E-state index contributed by atoms with van der Waals surface area (Å²) in [4.78, 5) is 0.958. The highest BCUT2D eigenvalue weighted by molar-refractivity contribution is 7.99. The van der Waals surface area contributed by atoms with E-state index in [0.29, 0.717) is 11.8 Å². The first-order valence-electron chi connectivity index (χ1n) is 7.53. The topological polar surface area (TPSA) is 35.2 Å². The van der Waals surface area contributed by atoms with Crippen LogP contribution in [0, 0.1) is 5.82 Å². The number of nitrogen functional groups attached to an aromatic ring is 1. The lowest BCUT2D eigenvalue weighted by Gasteiger charge is -2.33. The van der Waals surface area contributed by atoms with Gasteiger partial charge in [0.25, 0.3) is 0 Å². The first-order chi connectivity index (χ1) is 9.67. The Hall–Kier alpha value is -0.740. The van der Waals surface area contributed by atoms with Crippen molar-refractivity contribution in [2.75, 3.05) is 11.5 Å². The van der Waals surface area contributed by atoms with Crippen LogP contribution in [0.3, 0.4) is 0 Å². The second-order valence-corrected chi connectivity index (χ2v) is 7.08. The summed E-state index contributed by atoms with van der Waals surface area (Å²) in [5, 5.41) is 0. The van der Waals surface area contributed by atoms with Crippen LogP contribution in [0.1, 0.15) is 44.9 Å². The highest BCUT2D eigenvalue weighted by Gasteiger charge is 2.40. The summed E-state index contributed by atoms with van der Waals surface area (Å²) in [6.07, 6.45) is 9.11. The molecular weight excluding hydrogens is 273 g/mol. The number of rotatable bonds is 3. The predicted octanol–water partition coefficient (Wildman–Crippen LogP) is 4.38. The van der Waals surface area contributed by atoms with Crippen LogP contribution in [0.2, 0.25) is 0 Å². The predicted molar refractivity (Wildman–Crippen MR) is 81.5 cm³/mol. The number of thioether (sulfide) groups is 1. The molecule has 1 atom stereocenters. The van der Waals surface area contributed by atoms with E-state index in [1.807, 2.05) is 0 Å². The molecule has 0 bridgehead atoms. The minimum atomic E-state index is -0.273. The number of nitrogens with two attached hydrogens (primary N) is 1. The third-order valence-electron chi connectivity index (χ3n) is 4.50. The fourth-order valence-corrected chi connectivity index (χ4v) is 4.40. The van der Waals surface area contributed by atoms with Crippen molar-refractivity contribution in [2.45, 2.75) is 61.5 Å². The molecule has 0 amide bonds. The van der Waals surface area contributed by atoms with E-state index in [9.17, 15) is 4.39 Å². The second kappa shape index (κ2) is 5.94. The van der Waals surface area contributed by atoms with E-state index in [1.54, 1.807) is 17.8 Å². The second-order valence-electron chi connectivity index (χ2n) is 6.02. The molecule has 1 aromatic rings. The molecule has 2 aliphatic rings. The number of halogens is 1. The van der Waals surface area contributed by atoms with E-state index in [4.69, 9.17) is 10.5 Å². The number of hydrogen-bond donors (Lipinski definition) is 1. The number of ether oxygens (including phenoxy) is 1. The Morgan fingerprint density at radius 3 is 2.80 bits per heavy atom. The van der Waals surface area contributed by atoms with Crippen molar-refractivity contribution in [3.05, 3.63) is 24.0 Å². The zero-order chi connectivity index (χ0) is 14.0. The van der Waals surface area contributed by atoms with Crippen LogP contribution in [-0.2, 0) is 4.74 Å².